The van der Waals surface area contributed by atoms with Crippen LogP contribution in [0.1, 0.15) is 16.8 Å². The Bertz CT molecular complexity index is 526. The van der Waals surface area contributed by atoms with Crippen LogP contribution in [0.25, 0.3) is 0 Å². The summed E-state index contributed by atoms with van der Waals surface area (Å²) in [4.78, 5) is 15.5. The van der Waals surface area contributed by atoms with E-state index < -0.39 is 17.3 Å². The van der Waals surface area contributed by atoms with Gasteiger partial charge in [0.25, 0.3) is 5.91 Å². The average molecular weight is 286 g/mol. The number of hydrogen-bond acceptors (Lipinski definition) is 4. The van der Waals surface area contributed by atoms with Gasteiger partial charge in [-0.2, -0.15) is 17.0 Å². The molecule has 2 heterocycles. The van der Waals surface area contributed by atoms with Crippen molar-refractivity contribution in [1.82, 2.24) is 10.3 Å². The quantitative estimate of drug-likeness (QED) is 0.844. The smallest absolute Gasteiger partial charge is 0.255 e. The Labute approximate surface area is 113 Å². The third-order valence-electron chi connectivity index (χ3n) is 2.64. The molecule has 0 spiro atoms. The Hall–Kier alpha value is -1.32. The van der Waals surface area contributed by atoms with E-state index in [1.54, 1.807) is 11.8 Å². The van der Waals surface area contributed by atoms with E-state index in [4.69, 9.17) is 16.9 Å². The predicted molar refractivity (Wildman–Crippen MR) is 67.0 cm³/mol. The van der Waals surface area contributed by atoms with E-state index in [0.29, 0.717) is 12.2 Å². The number of nitriles is 1. The molecule has 4 nitrogen and oxygen atoms in total. The molecular formula is C11H9ClFN3OS. The number of hydrogen-bond donors (Lipinski definition) is 1. The summed E-state index contributed by atoms with van der Waals surface area (Å²) in [5, 5.41) is 11.7. The second-order valence-corrected chi connectivity index (χ2v) is 5.41. The van der Waals surface area contributed by atoms with Crippen molar-refractivity contribution in [3.63, 3.8) is 0 Å². The Kier molecular flexibility index (Phi) is 3.73. The third-order valence-corrected chi connectivity index (χ3v) is 4.13. The molecule has 0 saturated carbocycles. The van der Waals surface area contributed by atoms with Crippen LogP contribution in [0.4, 0.5) is 4.39 Å². The van der Waals surface area contributed by atoms with Crippen LogP contribution in [0.2, 0.25) is 5.15 Å². The van der Waals surface area contributed by atoms with Crippen LogP contribution in [0, 0.1) is 17.1 Å². The minimum atomic E-state index is -0.891. The molecule has 1 fully saturated rings. The minimum absolute atomic E-state index is 0.0526. The molecular weight excluding hydrogens is 277 g/mol. The molecule has 1 N–H and O–H groups in total. The van der Waals surface area contributed by atoms with Crippen molar-refractivity contribution in [2.45, 2.75) is 12.0 Å². The fourth-order valence-electron chi connectivity index (χ4n) is 1.65. The van der Waals surface area contributed by atoms with Crippen molar-refractivity contribution in [2.75, 3.05) is 11.5 Å². The van der Waals surface area contributed by atoms with E-state index in [0.717, 1.165) is 18.0 Å². The van der Waals surface area contributed by atoms with Crippen LogP contribution in [-0.2, 0) is 0 Å². The average Bonchev–Trinajstić information content (AvgIpc) is 2.81. The summed E-state index contributed by atoms with van der Waals surface area (Å²) in [5.41, 5.74) is -0.944. The fraction of sp³-hybridized carbons (Fsp3) is 0.364. The highest BCUT2D eigenvalue weighted by Crippen LogP contribution is 2.28. The van der Waals surface area contributed by atoms with E-state index in [-0.39, 0.29) is 10.7 Å². The molecule has 1 unspecified atom stereocenters. The zero-order chi connectivity index (χ0) is 13.2. The second-order valence-electron chi connectivity index (χ2n) is 3.94. The maximum absolute atomic E-state index is 13.0. The number of halogens is 2. The lowest BCUT2D eigenvalue weighted by Gasteiger charge is -2.21. The summed E-state index contributed by atoms with van der Waals surface area (Å²) in [6.07, 6.45) is 1.50. The molecule has 0 bridgehead atoms. The summed E-state index contributed by atoms with van der Waals surface area (Å²) < 4.78 is 13.0. The zero-order valence-corrected chi connectivity index (χ0v) is 10.8. The summed E-state index contributed by atoms with van der Waals surface area (Å²) in [6.45, 7) is 0. The van der Waals surface area contributed by atoms with Crippen LogP contribution < -0.4 is 5.32 Å². The highest BCUT2D eigenvalue weighted by atomic mass is 35.5. The first-order valence-electron chi connectivity index (χ1n) is 5.19. The molecule has 1 aromatic heterocycles. The van der Waals surface area contributed by atoms with E-state index in [1.807, 2.05) is 0 Å². The maximum Gasteiger partial charge on any atom is 0.255 e. The van der Waals surface area contributed by atoms with Crippen LogP contribution in [0.3, 0.4) is 0 Å². The van der Waals surface area contributed by atoms with Crippen LogP contribution in [0.15, 0.2) is 12.3 Å². The number of thioether (sulfide) groups is 1. The van der Waals surface area contributed by atoms with Crippen molar-refractivity contribution in [3.8, 4) is 6.07 Å². The van der Waals surface area contributed by atoms with Crippen molar-refractivity contribution in [1.29, 1.82) is 5.26 Å². The van der Waals surface area contributed by atoms with Crippen LogP contribution >= 0.6 is 23.4 Å². The number of carbonyl (C=O) groups is 1. The van der Waals surface area contributed by atoms with Crippen molar-refractivity contribution in [3.05, 3.63) is 28.8 Å². The summed E-state index contributed by atoms with van der Waals surface area (Å²) in [7, 11) is 0. The van der Waals surface area contributed by atoms with Gasteiger partial charge < -0.3 is 5.32 Å². The van der Waals surface area contributed by atoms with Crippen LogP contribution in [-0.4, -0.2) is 27.9 Å². The summed E-state index contributed by atoms with van der Waals surface area (Å²) >= 11 is 7.33. The van der Waals surface area contributed by atoms with Crippen molar-refractivity contribution >= 4 is 29.3 Å². The predicted octanol–water partition coefficient (Wildman–Crippen LogP) is 2.00. The number of amides is 1. The summed E-state index contributed by atoms with van der Waals surface area (Å²) in [5.74, 6) is 0.117. The number of nitrogens with zero attached hydrogens (tertiary/aromatic N) is 2. The van der Waals surface area contributed by atoms with E-state index in [2.05, 4.69) is 16.4 Å². The van der Waals surface area contributed by atoms with E-state index in [9.17, 15) is 9.18 Å². The molecule has 94 valence electrons. The van der Waals surface area contributed by atoms with Gasteiger partial charge in [0.1, 0.15) is 16.5 Å². The van der Waals surface area contributed by atoms with E-state index in [1.165, 1.54) is 0 Å². The number of carbonyl (C=O) groups excluding carboxylic acids is 1. The van der Waals surface area contributed by atoms with Gasteiger partial charge >= 0.3 is 0 Å². The molecule has 1 aliphatic heterocycles. The van der Waals surface area contributed by atoms with Gasteiger partial charge in [-0.3, -0.25) is 4.79 Å². The molecule has 1 amide bonds. The largest absolute Gasteiger partial charge is 0.333 e. The van der Waals surface area contributed by atoms with Gasteiger partial charge in [0.2, 0.25) is 0 Å². The molecule has 1 aliphatic rings. The monoisotopic (exact) mass is 285 g/mol. The van der Waals surface area contributed by atoms with Crippen molar-refractivity contribution in [2.24, 2.45) is 0 Å². The van der Waals surface area contributed by atoms with Gasteiger partial charge in [0.05, 0.1) is 17.8 Å². The molecule has 0 aromatic carbocycles. The third kappa shape index (κ3) is 2.57. The first-order valence-corrected chi connectivity index (χ1v) is 6.72. The highest BCUT2D eigenvalue weighted by Gasteiger charge is 2.36. The van der Waals surface area contributed by atoms with Gasteiger partial charge in [-0.15, -0.1) is 0 Å². The minimum Gasteiger partial charge on any atom is -0.333 e. The van der Waals surface area contributed by atoms with Crippen LogP contribution in [0.5, 0.6) is 0 Å². The van der Waals surface area contributed by atoms with Crippen molar-refractivity contribution < 1.29 is 9.18 Å². The van der Waals surface area contributed by atoms with Gasteiger partial charge in [0.15, 0.2) is 0 Å². The molecule has 1 atom stereocenters. The SMILES string of the molecule is N#CC1(NC(=O)c2cc(F)cnc2Cl)CCSC1. The fourth-order valence-corrected chi connectivity index (χ4v) is 3.10. The lowest BCUT2D eigenvalue weighted by molar-refractivity contribution is 0.0925. The molecule has 1 saturated heterocycles. The zero-order valence-electron chi connectivity index (χ0n) is 9.24. The molecule has 2 rings (SSSR count). The second kappa shape index (κ2) is 5.12. The van der Waals surface area contributed by atoms with Gasteiger partial charge in [-0.25, -0.2) is 9.37 Å². The van der Waals surface area contributed by atoms with Gasteiger partial charge in [-0.05, 0) is 18.2 Å². The Morgan fingerprint density at radius 1 is 1.72 bits per heavy atom. The first-order chi connectivity index (χ1) is 8.56. The number of aromatic nitrogens is 1. The lowest BCUT2D eigenvalue weighted by Crippen LogP contribution is -2.47. The number of nitrogens with one attached hydrogen (secondary N) is 1. The van der Waals surface area contributed by atoms with Gasteiger partial charge in [-0.1, -0.05) is 11.6 Å². The molecule has 1 aromatic rings. The number of rotatable bonds is 2. The molecule has 0 aliphatic carbocycles. The summed E-state index contributed by atoms with van der Waals surface area (Å²) in [6, 6.07) is 3.11. The van der Waals surface area contributed by atoms with E-state index >= 15 is 0 Å². The standard InChI is InChI=1S/C11H9ClFN3OS/c12-9-8(3-7(13)4-15-9)10(17)16-11(5-14)1-2-18-6-11/h3-4H,1-2,6H2,(H,16,17). The molecule has 0 radical (unpaired) electrons. The molecule has 18 heavy (non-hydrogen) atoms. The number of pyridine rings is 1. The topological polar surface area (TPSA) is 65.8 Å². The first kappa shape index (κ1) is 13.1. The highest BCUT2D eigenvalue weighted by molar-refractivity contribution is 7.99. The maximum atomic E-state index is 13.0. The van der Waals surface area contributed by atoms with Gasteiger partial charge in [0, 0.05) is 5.75 Å². The Balaban J connectivity index is 2.22. The lowest BCUT2D eigenvalue weighted by atomic mass is 10.0. The Morgan fingerprint density at radius 2 is 2.50 bits per heavy atom. The molecule has 7 heteroatoms. The normalized spacial score (nSPS) is 22.5. The Morgan fingerprint density at radius 3 is 3.11 bits per heavy atom.